The maximum Gasteiger partial charge on any atom is 0.223 e. The van der Waals surface area contributed by atoms with Crippen molar-refractivity contribution in [3.63, 3.8) is 0 Å². The van der Waals surface area contributed by atoms with Gasteiger partial charge in [0.05, 0.1) is 5.69 Å². The van der Waals surface area contributed by atoms with Gasteiger partial charge in [-0.3, -0.25) is 0 Å². The topological polar surface area (TPSA) is 89.8 Å². The smallest absolute Gasteiger partial charge is 0.223 e. The minimum absolute atomic E-state index is 0.0360. The monoisotopic (exact) mass is 315 g/mol. The van der Waals surface area contributed by atoms with Gasteiger partial charge in [0.2, 0.25) is 5.95 Å². The summed E-state index contributed by atoms with van der Waals surface area (Å²) in [6, 6.07) is 3.26. The highest BCUT2D eigenvalue weighted by molar-refractivity contribution is 9.10. The number of anilines is 4. The quantitative estimate of drug-likeness (QED) is 0.792. The molecule has 0 atom stereocenters. The van der Waals surface area contributed by atoms with E-state index in [0.717, 1.165) is 12.1 Å². The van der Waals surface area contributed by atoms with Crippen LogP contribution in [0.2, 0.25) is 0 Å². The Morgan fingerprint density at radius 2 is 1.83 bits per heavy atom. The molecule has 1 aromatic heterocycles. The van der Waals surface area contributed by atoms with Crippen LogP contribution >= 0.6 is 15.9 Å². The van der Waals surface area contributed by atoms with Crippen molar-refractivity contribution >= 4 is 39.2 Å². The molecule has 2 rings (SSSR count). The number of hydrogen-bond acceptors (Lipinski definition) is 5. The number of halogens is 3. The maximum atomic E-state index is 13.6. The van der Waals surface area contributed by atoms with Crippen molar-refractivity contribution in [2.24, 2.45) is 0 Å². The van der Waals surface area contributed by atoms with Gasteiger partial charge in [-0.25, -0.2) is 8.78 Å². The Labute approximate surface area is 109 Å². The zero-order valence-electron chi connectivity index (χ0n) is 8.92. The first-order valence-corrected chi connectivity index (χ1v) is 5.56. The van der Waals surface area contributed by atoms with Crippen LogP contribution in [0.1, 0.15) is 0 Å². The van der Waals surface area contributed by atoms with Gasteiger partial charge < -0.3 is 16.8 Å². The summed E-state index contributed by atoms with van der Waals surface area (Å²) in [7, 11) is 0. The van der Waals surface area contributed by atoms with Crippen molar-refractivity contribution in [1.82, 2.24) is 9.97 Å². The van der Waals surface area contributed by atoms with Crippen molar-refractivity contribution < 1.29 is 8.78 Å². The summed E-state index contributed by atoms with van der Waals surface area (Å²) in [4.78, 5) is 7.50. The second-order valence-electron chi connectivity index (χ2n) is 3.41. The molecule has 0 bridgehead atoms. The van der Waals surface area contributed by atoms with Crippen LogP contribution < -0.4 is 16.8 Å². The summed E-state index contributed by atoms with van der Waals surface area (Å²) >= 11 is 3.04. The first-order valence-electron chi connectivity index (χ1n) is 4.77. The van der Waals surface area contributed by atoms with E-state index in [1.54, 1.807) is 0 Å². The highest BCUT2D eigenvalue weighted by Gasteiger charge is 2.11. The Balaban J connectivity index is 2.40. The van der Waals surface area contributed by atoms with Gasteiger partial charge in [-0.15, -0.1) is 0 Å². The molecule has 0 aliphatic rings. The van der Waals surface area contributed by atoms with Crippen molar-refractivity contribution in [2.45, 2.75) is 0 Å². The van der Waals surface area contributed by atoms with Crippen molar-refractivity contribution in [2.75, 3.05) is 16.8 Å². The van der Waals surface area contributed by atoms with E-state index in [1.807, 2.05) is 0 Å². The first kappa shape index (κ1) is 12.5. The molecule has 0 aliphatic heterocycles. The van der Waals surface area contributed by atoms with Crippen LogP contribution in [0.5, 0.6) is 0 Å². The van der Waals surface area contributed by atoms with Gasteiger partial charge in [-0.05, 0) is 22.0 Å². The number of hydrogen-bond donors (Lipinski definition) is 3. The Hall–Kier alpha value is -1.96. The minimum atomic E-state index is -0.766. The van der Waals surface area contributed by atoms with E-state index < -0.39 is 11.6 Å². The van der Waals surface area contributed by atoms with Crippen molar-refractivity contribution in [1.29, 1.82) is 0 Å². The number of nitrogens with zero attached hydrogens (tertiary/aromatic N) is 2. The largest absolute Gasteiger partial charge is 0.383 e. The predicted molar refractivity (Wildman–Crippen MR) is 68.2 cm³/mol. The van der Waals surface area contributed by atoms with E-state index >= 15 is 0 Å². The molecular weight excluding hydrogens is 308 g/mol. The lowest BCUT2D eigenvalue weighted by molar-refractivity contribution is 0.584. The molecular formula is C10H8BrF2N5. The van der Waals surface area contributed by atoms with E-state index in [2.05, 4.69) is 31.2 Å². The minimum Gasteiger partial charge on any atom is -0.383 e. The van der Waals surface area contributed by atoms with Crippen molar-refractivity contribution in [3.8, 4) is 0 Å². The number of aromatic nitrogens is 2. The van der Waals surface area contributed by atoms with Crippen LogP contribution in [-0.4, -0.2) is 9.97 Å². The maximum absolute atomic E-state index is 13.6. The van der Waals surface area contributed by atoms with Crippen LogP contribution in [-0.2, 0) is 0 Å². The molecule has 94 valence electrons. The zero-order chi connectivity index (χ0) is 13.3. The molecule has 0 spiro atoms. The average Bonchev–Trinajstić information content (AvgIpc) is 2.22. The SMILES string of the molecule is Nc1cc(Nc2c(F)cc(F)cc2Br)nc(N)n1. The Morgan fingerprint density at radius 1 is 1.11 bits per heavy atom. The van der Waals surface area contributed by atoms with Crippen LogP contribution in [0.4, 0.5) is 32.1 Å². The molecule has 18 heavy (non-hydrogen) atoms. The highest BCUT2D eigenvalue weighted by atomic mass is 79.9. The molecule has 5 N–H and O–H groups in total. The first-order chi connectivity index (χ1) is 8.45. The summed E-state index contributed by atoms with van der Waals surface area (Å²) in [5.74, 6) is -1.14. The molecule has 0 unspecified atom stereocenters. The van der Waals surface area contributed by atoms with E-state index in [9.17, 15) is 8.78 Å². The molecule has 1 heterocycles. The molecule has 0 saturated heterocycles. The summed E-state index contributed by atoms with van der Waals surface area (Å²) in [6.07, 6.45) is 0. The third-order valence-corrected chi connectivity index (χ3v) is 2.65. The fourth-order valence-electron chi connectivity index (χ4n) is 1.34. The van der Waals surface area contributed by atoms with Crippen LogP contribution in [0.3, 0.4) is 0 Å². The van der Waals surface area contributed by atoms with Crippen LogP contribution in [0.15, 0.2) is 22.7 Å². The van der Waals surface area contributed by atoms with Gasteiger partial charge >= 0.3 is 0 Å². The lowest BCUT2D eigenvalue weighted by atomic mass is 10.3. The average molecular weight is 316 g/mol. The molecule has 0 aliphatic carbocycles. The fraction of sp³-hybridized carbons (Fsp3) is 0. The van der Waals surface area contributed by atoms with Gasteiger partial charge in [-0.1, -0.05) is 0 Å². The summed E-state index contributed by atoms with van der Waals surface area (Å²) in [6.45, 7) is 0. The molecule has 2 aromatic rings. The van der Waals surface area contributed by atoms with Crippen LogP contribution in [0.25, 0.3) is 0 Å². The van der Waals surface area contributed by atoms with Gasteiger partial charge in [0.25, 0.3) is 0 Å². The number of nitrogens with two attached hydrogens (primary N) is 2. The number of rotatable bonds is 2. The second kappa shape index (κ2) is 4.73. The highest BCUT2D eigenvalue weighted by Crippen LogP contribution is 2.29. The van der Waals surface area contributed by atoms with Gasteiger partial charge in [0.1, 0.15) is 17.5 Å². The Kier molecular flexibility index (Phi) is 3.28. The van der Waals surface area contributed by atoms with Crippen LogP contribution in [0, 0.1) is 11.6 Å². The number of nitrogens with one attached hydrogen (secondary N) is 1. The summed E-state index contributed by atoms with van der Waals surface area (Å²) in [5, 5.41) is 2.65. The normalized spacial score (nSPS) is 10.4. The van der Waals surface area contributed by atoms with E-state index in [0.29, 0.717) is 0 Å². The third kappa shape index (κ3) is 2.65. The summed E-state index contributed by atoms with van der Waals surface area (Å²) < 4.78 is 26.7. The molecule has 0 radical (unpaired) electrons. The zero-order valence-corrected chi connectivity index (χ0v) is 10.5. The Bertz CT molecular complexity index is 562. The van der Waals surface area contributed by atoms with Gasteiger partial charge in [0, 0.05) is 16.6 Å². The van der Waals surface area contributed by atoms with E-state index in [-0.39, 0.29) is 27.7 Å². The molecule has 0 saturated carbocycles. The Morgan fingerprint density at radius 3 is 2.44 bits per heavy atom. The van der Waals surface area contributed by atoms with Gasteiger partial charge in [-0.2, -0.15) is 9.97 Å². The molecule has 1 aromatic carbocycles. The number of nitrogen functional groups attached to an aromatic ring is 2. The standard InChI is InChI=1S/C10H8BrF2N5/c11-5-1-4(12)2-6(13)9(5)17-8-3-7(14)16-10(15)18-8/h1-3H,(H5,14,15,16,17,18). The van der Waals surface area contributed by atoms with E-state index in [4.69, 9.17) is 11.5 Å². The fourth-order valence-corrected chi connectivity index (χ4v) is 1.85. The lowest BCUT2D eigenvalue weighted by Gasteiger charge is -2.10. The second-order valence-corrected chi connectivity index (χ2v) is 4.26. The van der Waals surface area contributed by atoms with E-state index in [1.165, 1.54) is 6.07 Å². The van der Waals surface area contributed by atoms with Crippen molar-refractivity contribution in [3.05, 3.63) is 34.3 Å². The summed E-state index contributed by atoms with van der Waals surface area (Å²) in [5.41, 5.74) is 10.9. The predicted octanol–water partition coefficient (Wildman–Crippen LogP) is 2.43. The third-order valence-electron chi connectivity index (χ3n) is 2.02. The molecule has 5 nitrogen and oxygen atoms in total. The molecule has 0 amide bonds. The number of benzene rings is 1. The molecule has 0 fully saturated rings. The molecule has 8 heteroatoms. The lowest BCUT2D eigenvalue weighted by Crippen LogP contribution is -2.04. The van der Waals surface area contributed by atoms with Gasteiger partial charge in [0.15, 0.2) is 5.82 Å².